The second-order valence-electron chi connectivity index (χ2n) is 2.70. The van der Waals surface area contributed by atoms with Crippen LogP contribution in [0.15, 0.2) is 12.1 Å². The van der Waals surface area contributed by atoms with Crippen LogP contribution in [0.4, 0.5) is 0 Å². The van der Waals surface area contributed by atoms with E-state index >= 15 is 0 Å². The van der Waals surface area contributed by atoms with Gasteiger partial charge in [0.05, 0.1) is 0 Å². The van der Waals surface area contributed by atoms with Crippen LogP contribution in [0, 0.1) is 13.8 Å². The van der Waals surface area contributed by atoms with Crippen molar-refractivity contribution in [1.29, 1.82) is 0 Å². The fourth-order valence-electron chi connectivity index (χ4n) is 1.01. The summed E-state index contributed by atoms with van der Waals surface area (Å²) < 4.78 is 0. The van der Waals surface area contributed by atoms with Crippen molar-refractivity contribution in [3.05, 3.63) is 23.3 Å². The van der Waals surface area contributed by atoms with Crippen LogP contribution in [0.2, 0.25) is 0 Å². The summed E-state index contributed by atoms with van der Waals surface area (Å²) in [4.78, 5) is 0. The molecule has 0 radical (unpaired) electrons. The van der Waals surface area contributed by atoms with Crippen molar-refractivity contribution >= 4 is 15.4 Å². The minimum absolute atomic E-state index is 0.384. The van der Waals surface area contributed by atoms with Crippen molar-refractivity contribution in [2.75, 3.05) is 0 Å². The molecule has 0 fully saturated rings. The zero-order valence-electron chi connectivity index (χ0n) is 6.60. The Balaban J connectivity index is 3.31. The van der Waals surface area contributed by atoms with Crippen LogP contribution in [-0.4, -0.2) is 15.3 Å². The van der Waals surface area contributed by atoms with E-state index in [1.807, 2.05) is 26.0 Å². The van der Waals surface area contributed by atoms with E-state index in [2.05, 4.69) is 0 Å². The van der Waals surface area contributed by atoms with E-state index in [1.165, 1.54) is 16.3 Å². The number of phenolic OH excluding ortho intramolecular Hbond substituents is 1. The lowest BCUT2D eigenvalue weighted by atomic mass is 10.1. The quantitative estimate of drug-likeness (QED) is 0.519. The molecule has 0 heterocycles. The van der Waals surface area contributed by atoms with Crippen LogP contribution in [0.3, 0.4) is 0 Å². The zero-order chi connectivity index (χ0) is 7.72. The summed E-state index contributed by atoms with van der Waals surface area (Å²) in [5.41, 5.74) is 2.42. The Morgan fingerprint density at radius 1 is 1.20 bits per heavy atom. The number of benzene rings is 1. The molecule has 0 aliphatic heterocycles. The van der Waals surface area contributed by atoms with E-state index in [1.54, 1.807) is 0 Å². The summed E-state index contributed by atoms with van der Waals surface area (Å²) in [5, 5.41) is 10.5. The van der Waals surface area contributed by atoms with Gasteiger partial charge in [-0.25, -0.2) is 0 Å². The highest BCUT2D eigenvalue weighted by Gasteiger charge is 1.97. The molecule has 0 amide bonds. The normalized spacial score (nSPS) is 10.2. The van der Waals surface area contributed by atoms with Gasteiger partial charge in [0.1, 0.15) is 5.75 Å². The molecule has 0 bridgehead atoms. The molecule has 54 valence electrons. The average Bonchev–Trinajstić information content (AvgIpc) is 1.82. The lowest BCUT2D eigenvalue weighted by Crippen LogP contribution is -2.10. The number of phenols is 1. The van der Waals surface area contributed by atoms with Crippen LogP contribution < -0.4 is 5.19 Å². The summed E-state index contributed by atoms with van der Waals surface area (Å²) in [7, 11) is 1.07. The molecule has 1 rings (SSSR count). The molecular formula is C8H12OSi. The Morgan fingerprint density at radius 2 is 1.60 bits per heavy atom. The maximum Gasteiger partial charge on any atom is 0.116 e. The maximum atomic E-state index is 9.13. The van der Waals surface area contributed by atoms with Crippen LogP contribution >= 0.6 is 0 Å². The van der Waals surface area contributed by atoms with Gasteiger partial charge in [-0.05, 0) is 37.1 Å². The molecule has 0 atom stereocenters. The van der Waals surface area contributed by atoms with Gasteiger partial charge in [-0.2, -0.15) is 0 Å². The fraction of sp³-hybridized carbons (Fsp3) is 0.250. The third kappa shape index (κ3) is 1.21. The zero-order valence-corrected chi connectivity index (χ0v) is 8.60. The molecule has 0 unspecified atom stereocenters. The molecule has 1 nitrogen and oxygen atoms in total. The Bertz CT molecular complexity index is 232. The van der Waals surface area contributed by atoms with Gasteiger partial charge in [0.15, 0.2) is 0 Å². The lowest BCUT2D eigenvalue weighted by molar-refractivity contribution is 0.474. The standard InChI is InChI=1S/C8H12OSi/c1-5-3-7(9)4-6(2)8(5)10/h3-4,9H,1-2,10H3. The van der Waals surface area contributed by atoms with Crippen molar-refractivity contribution in [3.63, 3.8) is 0 Å². The first-order valence-corrected chi connectivity index (χ1v) is 4.38. The molecule has 2 heteroatoms. The first-order chi connectivity index (χ1) is 4.61. The number of rotatable bonds is 0. The van der Waals surface area contributed by atoms with E-state index < -0.39 is 0 Å². The summed E-state index contributed by atoms with van der Waals surface area (Å²) in [5.74, 6) is 0.384. The highest BCUT2D eigenvalue weighted by atomic mass is 28.1. The number of aromatic hydroxyl groups is 1. The van der Waals surface area contributed by atoms with E-state index in [-0.39, 0.29) is 0 Å². The summed E-state index contributed by atoms with van der Waals surface area (Å²) in [6.45, 7) is 4.07. The smallest absolute Gasteiger partial charge is 0.116 e. The molecule has 0 aliphatic rings. The molecule has 0 spiro atoms. The molecule has 0 aromatic heterocycles. The van der Waals surface area contributed by atoms with Gasteiger partial charge in [-0.1, -0.05) is 5.19 Å². The second kappa shape index (κ2) is 2.46. The Labute approximate surface area is 64.1 Å². The first kappa shape index (κ1) is 7.35. The highest BCUT2D eigenvalue weighted by Crippen LogP contribution is 2.10. The lowest BCUT2D eigenvalue weighted by Gasteiger charge is -2.03. The molecule has 10 heavy (non-hydrogen) atoms. The monoisotopic (exact) mass is 152 g/mol. The number of hydrogen-bond donors (Lipinski definition) is 1. The van der Waals surface area contributed by atoms with E-state index in [0.717, 1.165) is 10.2 Å². The number of aryl methyl sites for hydroxylation is 2. The second-order valence-corrected chi connectivity index (χ2v) is 3.70. The average molecular weight is 152 g/mol. The van der Waals surface area contributed by atoms with Crippen LogP contribution in [-0.2, 0) is 0 Å². The van der Waals surface area contributed by atoms with Gasteiger partial charge in [-0.15, -0.1) is 0 Å². The van der Waals surface area contributed by atoms with Gasteiger partial charge in [0.25, 0.3) is 0 Å². The predicted molar refractivity (Wildman–Crippen MR) is 47.2 cm³/mol. The van der Waals surface area contributed by atoms with Crippen LogP contribution in [0.5, 0.6) is 5.75 Å². The van der Waals surface area contributed by atoms with Gasteiger partial charge < -0.3 is 5.11 Å². The minimum atomic E-state index is 0.384. The first-order valence-electron chi connectivity index (χ1n) is 3.38. The predicted octanol–water partition coefficient (Wildman–Crippen LogP) is -0.000260. The van der Waals surface area contributed by atoms with Gasteiger partial charge in [0, 0.05) is 10.2 Å². The highest BCUT2D eigenvalue weighted by molar-refractivity contribution is 6.34. The molecule has 1 N–H and O–H groups in total. The summed E-state index contributed by atoms with van der Waals surface area (Å²) >= 11 is 0. The number of hydrogen-bond acceptors (Lipinski definition) is 1. The maximum absolute atomic E-state index is 9.13. The fourth-order valence-corrected chi connectivity index (χ4v) is 1.30. The van der Waals surface area contributed by atoms with Crippen LogP contribution in [0.1, 0.15) is 11.1 Å². The van der Waals surface area contributed by atoms with E-state index in [9.17, 15) is 0 Å². The Hall–Kier alpha value is -0.763. The van der Waals surface area contributed by atoms with Crippen molar-refractivity contribution in [2.24, 2.45) is 0 Å². The van der Waals surface area contributed by atoms with E-state index in [0.29, 0.717) is 5.75 Å². The van der Waals surface area contributed by atoms with Crippen molar-refractivity contribution in [3.8, 4) is 5.75 Å². The third-order valence-electron chi connectivity index (χ3n) is 1.91. The third-order valence-corrected chi connectivity index (χ3v) is 3.49. The van der Waals surface area contributed by atoms with Gasteiger partial charge in [-0.3, -0.25) is 0 Å². The molecule has 0 saturated carbocycles. The SMILES string of the molecule is Cc1cc(O)cc(C)c1[SiH3]. The minimum Gasteiger partial charge on any atom is -0.508 e. The van der Waals surface area contributed by atoms with Crippen molar-refractivity contribution in [2.45, 2.75) is 13.8 Å². The molecule has 1 aromatic rings. The Kier molecular flexibility index (Phi) is 1.81. The summed E-state index contributed by atoms with van der Waals surface area (Å²) in [6, 6.07) is 3.63. The largest absolute Gasteiger partial charge is 0.508 e. The van der Waals surface area contributed by atoms with E-state index in [4.69, 9.17) is 5.11 Å². The summed E-state index contributed by atoms with van der Waals surface area (Å²) in [6.07, 6.45) is 0. The van der Waals surface area contributed by atoms with Crippen molar-refractivity contribution in [1.82, 2.24) is 0 Å². The molecular weight excluding hydrogens is 140 g/mol. The van der Waals surface area contributed by atoms with Gasteiger partial charge >= 0.3 is 0 Å². The Morgan fingerprint density at radius 3 is 2.00 bits per heavy atom. The van der Waals surface area contributed by atoms with Crippen LogP contribution in [0.25, 0.3) is 0 Å². The molecule has 0 saturated heterocycles. The molecule has 1 aromatic carbocycles. The molecule has 0 aliphatic carbocycles. The van der Waals surface area contributed by atoms with Crippen molar-refractivity contribution < 1.29 is 5.11 Å². The van der Waals surface area contributed by atoms with Gasteiger partial charge in [0.2, 0.25) is 0 Å². The topological polar surface area (TPSA) is 20.2 Å².